The first kappa shape index (κ1) is 29.8. The first-order chi connectivity index (χ1) is 20.7. The molecular formula is C33H25Cl2NO7. The number of carbonyl (C=O) groups excluding carboxylic acids is 4. The Bertz CT molecular complexity index is 1670. The van der Waals surface area contributed by atoms with Gasteiger partial charge >= 0.3 is 11.9 Å². The average molecular weight is 618 g/mol. The van der Waals surface area contributed by atoms with Crippen molar-refractivity contribution in [1.29, 1.82) is 0 Å². The van der Waals surface area contributed by atoms with Crippen LogP contribution in [0.2, 0.25) is 10.0 Å². The topological polar surface area (TPSA) is 99.2 Å². The largest absolute Gasteiger partial charge is 0.457 e. The Morgan fingerprint density at radius 2 is 1.47 bits per heavy atom. The summed E-state index contributed by atoms with van der Waals surface area (Å²) in [7, 11) is 0. The van der Waals surface area contributed by atoms with Gasteiger partial charge in [-0.1, -0.05) is 40.9 Å². The normalized spacial score (nSPS) is 14.3. The number of ether oxygens (including phenoxy) is 3. The second-order valence-electron chi connectivity index (χ2n) is 9.88. The molecule has 0 spiro atoms. The number of hydrogen-bond acceptors (Lipinski definition) is 7. The van der Waals surface area contributed by atoms with E-state index in [2.05, 4.69) is 0 Å². The summed E-state index contributed by atoms with van der Waals surface area (Å²) in [5.41, 5.74) is 2.16. The molecule has 5 rings (SSSR count). The summed E-state index contributed by atoms with van der Waals surface area (Å²) in [5.74, 6) is -1.16. The molecule has 1 amide bonds. The minimum atomic E-state index is -0.703. The molecule has 1 aliphatic rings. The number of benzene rings is 4. The van der Waals surface area contributed by atoms with Gasteiger partial charge in [0.15, 0.2) is 12.4 Å². The van der Waals surface area contributed by atoms with E-state index in [0.717, 1.165) is 5.56 Å². The number of anilines is 1. The molecular weight excluding hydrogens is 593 g/mol. The summed E-state index contributed by atoms with van der Waals surface area (Å²) in [6, 6.07) is 24.9. The molecule has 4 aromatic carbocycles. The number of hydrogen-bond donors (Lipinski definition) is 0. The van der Waals surface area contributed by atoms with Gasteiger partial charge < -0.3 is 19.1 Å². The summed E-state index contributed by atoms with van der Waals surface area (Å²) >= 11 is 11.9. The van der Waals surface area contributed by atoms with Crippen LogP contribution < -0.4 is 14.4 Å². The lowest BCUT2D eigenvalue weighted by Crippen LogP contribution is -2.27. The van der Waals surface area contributed by atoms with Crippen molar-refractivity contribution in [2.45, 2.75) is 13.3 Å². The van der Waals surface area contributed by atoms with E-state index >= 15 is 0 Å². The Labute approximate surface area is 257 Å². The molecule has 8 nitrogen and oxygen atoms in total. The monoisotopic (exact) mass is 617 g/mol. The Morgan fingerprint density at radius 3 is 2.12 bits per heavy atom. The van der Waals surface area contributed by atoms with Crippen molar-refractivity contribution in [2.75, 3.05) is 18.1 Å². The fourth-order valence-corrected chi connectivity index (χ4v) is 4.90. The average Bonchev–Trinajstić information content (AvgIpc) is 3.39. The number of ketones is 1. The van der Waals surface area contributed by atoms with Gasteiger partial charge in [0.1, 0.15) is 17.2 Å². The smallest absolute Gasteiger partial charge is 0.345 e. The number of carbonyl (C=O) groups is 4. The quantitative estimate of drug-likeness (QED) is 0.112. The summed E-state index contributed by atoms with van der Waals surface area (Å²) in [5, 5.41) is 0.539. The van der Waals surface area contributed by atoms with Crippen LogP contribution in [0, 0.1) is 12.8 Å². The molecule has 4 aromatic rings. The van der Waals surface area contributed by atoms with Crippen molar-refractivity contribution in [2.24, 2.45) is 5.92 Å². The molecule has 1 atom stereocenters. The summed E-state index contributed by atoms with van der Waals surface area (Å²) in [6.45, 7) is 1.64. The predicted octanol–water partition coefficient (Wildman–Crippen LogP) is 7.09. The first-order valence-corrected chi connectivity index (χ1v) is 14.0. The van der Waals surface area contributed by atoms with Gasteiger partial charge in [-0.05, 0) is 85.8 Å². The number of aryl methyl sites for hydroxylation is 1. The van der Waals surface area contributed by atoms with Crippen LogP contribution >= 0.6 is 23.2 Å². The zero-order chi connectivity index (χ0) is 30.5. The third kappa shape index (κ3) is 7.41. The Kier molecular flexibility index (Phi) is 9.09. The fraction of sp³-hybridized carbons (Fsp3) is 0.152. The molecule has 1 heterocycles. The van der Waals surface area contributed by atoms with Crippen LogP contribution in [0.25, 0.3) is 0 Å². The van der Waals surface area contributed by atoms with Crippen LogP contribution in [-0.4, -0.2) is 36.8 Å². The molecule has 0 bridgehead atoms. The lowest BCUT2D eigenvalue weighted by atomic mass is 10.1. The minimum absolute atomic E-state index is 0.0215. The predicted molar refractivity (Wildman–Crippen MR) is 161 cm³/mol. The Hall–Kier alpha value is -4.66. The van der Waals surface area contributed by atoms with Crippen LogP contribution in [0.5, 0.6) is 17.2 Å². The fourth-order valence-electron chi connectivity index (χ4n) is 4.42. The van der Waals surface area contributed by atoms with Crippen LogP contribution in [0.1, 0.15) is 32.7 Å². The van der Waals surface area contributed by atoms with Crippen molar-refractivity contribution in [3.63, 3.8) is 0 Å². The van der Waals surface area contributed by atoms with Crippen molar-refractivity contribution in [3.05, 3.63) is 118 Å². The number of nitrogens with zero attached hydrogens (tertiary/aromatic N) is 1. The second-order valence-corrected chi connectivity index (χ2v) is 10.7. The maximum atomic E-state index is 12.7. The molecule has 0 aromatic heterocycles. The van der Waals surface area contributed by atoms with Crippen molar-refractivity contribution >= 4 is 52.5 Å². The van der Waals surface area contributed by atoms with Crippen LogP contribution in [0.15, 0.2) is 91.0 Å². The lowest BCUT2D eigenvalue weighted by Gasteiger charge is -2.17. The number of halogens is 2. The molecule has 1 saturated heterocycles. The van der Waals surface area contributed by atoms with Crippen LogP contribution in [-0.2, 0) is 14.3 Å². The molecule has 43 heavy (non-hydrogen) atoms. The zero-order valence-electron chi connectivity index (χ0n) is 22.9. The molecule has 0 N–H and O–H groups in total. The Morgan fingerprint density at radius 1 is 0.837 bits per heavy atom. The Balaban J connectivity index is 1.11. The third-order valence-corrected chi connectivity index (χ3v) is 7.29. The van der Waals surface area contributed by atoms with E-state index in [4.69, 9.17) is 37.4 Å². The van der Waals surface area contributed by atoms with E-state index in [0.29, 0.717) is 22.2 Å². The van der Waals surface area contributed by atoms with E-state index in [-0.39, 0.29) is 40.8 Å². The van der Waals surface area contributed by atoms with Gasteiger partial charge in [-0.25, -0.2) is 4.79 Å². The molecule has 1 fully saturated rings. The van der Waals surface area contributed by atoms with Gasteiger partial charge in [-0.15, -0.1) is 0 Å². The van der Waals surface area contributed by atoms with Gasteiger partial charge in [0.05, 0.1) is 16.5 Å². The number of esters is 2. The lowest BCUT2D eigenvalue weighted by molar-refractivity contribution is -0.147. The number of amides is 1. The van der Waals surface area contributed by atoms with Crippen molar-refractivity contribution < 1.29 is 33.4 Å². The van der Waals surface area contributed by atoms with E-state index in [1.807, 2.05) is 31.2 Å². The van der Waals surface area contributed by atoms with E-state index in [1.54, 1.807) is 24.3 Å². The second kappa shape index (κ2) is 13.1. The van der Waals surface area contributed by atoms with Gasteiger partial charge in [0, 0.05) is 29.2 Å². The molecule has 10 heteroatoms. The molecule has 0 saturated carbocycles. The van der Waals surface area contributed by atoms with Gasteiger partial charge in [-0.2, -0.15) is 0 Å². The molecule has 0 radical (unpaired) electrons. The van der Waals surface area contributed by atoms with Crippen LogP contribution in [0.4, 0.5) is 5.69 Å². The maximum absolute atomic E-state index is 12.7. The maximum Gasteiger partial charge on any atom is 0.345 e. The highest BCUT2D eigenvalue weighted by atomic mass is 35.5. The SMILES string of the molecule is Cc1ccc(Oc2ccc(N3C[C@@H](C(=O)OCC(=O)c4ccc(OC(=O)c5ccc(Cl)cc5Cl)cc4)CC3=O)cc2)cc1. The third-order valence-electron chi connectivity index (χ3n) is 6.75. The molecule has 218 valence electrons. The number of Topliss-reactive ketones (excluding diaryl/α,β-unsaturated/α-hetero) is 1. The van der Waals surface area contributed by atoms with Crippen LogP contribution in [0.3, 0.4) is 0 Å². The van der Waals surface area contributed by atoms with E-state index < -0.39 is 30.2 Å². The van der Waals surface area contributed by atoms with E-state index in [9.17, 15) is 19.2 Å². The summed E-state index contributed by atoms with van der Waals surface area (Å²) < 4.78 is 16.4. The highest BCUT2D eigenvalue weighted by Gasteiger charge is 2.36. The van der Waals surface area contributed by atoms with Crippen molar-refractivity contribution in [3.8, 4) is 17.2 Å². The highest BCUT2D eigenvalue weighted by molar-refractivity contribution is 6.36. The van der Waals surface area contributed by atoms with Gasteiger partial charge in [-0.3, -0.25) is 14.4 Å². The van der Waals surface area contributed by atoms with E-state index in [1.165, 1.54) is 47.4 Å². The standard InChI is InChI=1S/C33H25Cl2NO7/c1-20-2-9-25(10-3-20)42-26-13-7-24(8-14-26)36-18-22(16-31(36)38)32(39)41-19-30(37)21-4-11-27(12-5-21)43-33(40)28-15-6-23(34)17-29(28)35/h2-15,17,22H,16,18-19H2,1H3/t22-/m0/s1. The van der Waals surface area contributed by atoms with Crippen molar-refractivity contribution in [1.82, 2.24) is 0 Å². The highest BCUT2D eigenvalue weighted by Crippen LogP contribution is 2.29. The number of rotatable bonds is 9. The molecule has 1 aliphatic heterocycles. The van der Waals surface area contributed by atoms with Gasteiger partial charge in [0.2, 0.25) is 5.91 Å². The van der Waals surface area contributed by atoms with Gasteiger partial charge in [0.25, 0.3) is 0 Å². The molecule has 0 aliphatic carbocycles. The summed E-state index contributed by atoms with van der Waals surface area (Å²) in [6.07, 6.45) is -0.0215. The minimum Gasteiger partial charge on any atom is -0.457 e. The zero-order valence-corrected chi connectivity index (χ0v) is 24.4. The summed E-state index contributed by atoms with van der Waals surface area (Å²) in [4.78, 5) is 51.9. The first-order valence-electron chi connectivity index (χ1n) is 13.3. The molecule has 0 unspecified atom stereocenters.